The molecule has 1 aliphatic rings. The van der Waals surface area contributed by atoms with Gasteiger partial charge in [-0.2, -0.15) is 8.42 Å². The second-order valence-electron chi connectivity index (χ2n) is 7.27. The van der Waals surface area contributed by atoms with E-state index in [0.29, 0.717) is 29.5 Å². The molecule has 0 unspecified atom stereocenters. The molecule has 1 saturated heterocycles. The fraction of sp³-hybridized carbons (Fsp3) is 0.227. The molecule has 0 radical (unpaired) electrons. The van der Waals surface area contributed by atoms with E-state index in [9.17, 15) is 13.2 Å². The molecule has 1 N–H and O–H groups in total. The Morgan fingerprint density at radius 1 is 1.16 bits per heavy atom. The standard InChI is InChI=1S/C22H22N4O4S/c1-26-13-5-8-20(26)25-31(28,29)19-11-9-17(10-12-19)23-21(27)14-18-15-30-22(24-18)16-6-3-2-4-7-16/h2-4,6-7,9-12,15H,5,8,13-14H2,1H3,(H,23,27)/b25-20+. The quantitative estimate of drug-likeness (QED) is 0.633. The van der Waals surface area contributed by atoms with Gasteiger partial charge in [-0.3, -0.25) is 4.79 Å². The number of amidine groups is 1. The second-order valence-corrected chi connectivity index (χ2v) is 8.87. The molecule has 0 atom stereocenters. The first kappa shape index (κ1) is 20.8. The number of rotatable bonds is 6. The lowest BCUT2D eigenvalue weighted by Crippen LogP contribution is -2.20. The number of anilines is 1. The number of benzene rings is 2. The van der Waals surface area contributed by atoms with Gasteiger partial charge in [0.1, 0.15) is 12.1 Å². The van der Waals surface area contributed by atoms with Crippen LogP contribution in [0.3, 0.4) is 0 Å². The Kier molecular flexibility index (Phi) is 5.85. The molecule has 0 aliphatic carbocycles. The van der Waals surface area contributed by atoms with E-state index in [1.807, 2.05) is 42.3 Å². The van der Waals surface area contributed by atoms with Crippen LogP contribution < -0.4 is 5.32 Å². The van der Waals surface area contributed by atoms with Crippen molar-refractivity contribution >= 4 is 27.5 Å². The van der Waals surface area contributed by atoms with Crippen molar-refractivity contribution in [3.63, 3.8) is 0 Å². The molecular formula is C22H22N4O4S. The maximum atomic E-state index is 12.5. The number of hydrogen-bond acceptors (Lipinski definition) is 5. The minimum absolute atomic E-state index is 0.0381. The number of hydrogen-bond donors (Lipinski definition) is 1. The summed E-state index contributed by atoms with van der Waals surface area (Å²) in [7, 11) is -1.95. The van der Waals surface area contributed by atoms with Crippen LogP contribution in [0.4, 0.5) is 5.69 Å². The third-order valence-corrected chi connectivity index (χ3v) is 6.23. The molecule has 31 heavy (non-hydrogen) atoms. The SMILES string of the molecule is CN1CCC/C1=N\S(=O)(=O)c1ccc(NC(=O)Cc2coc(-c3ccccc3)n2)cc1. The van der Waals surface area contributed by atoms with Crippen molar-refractivity contribution in [1.82, 2.24) is 9.88 Å². The summed E-state index contributed by atoms with van der Waals surface area (Å²) in [5.74, 6) is 0.740. The lowest BCUT2D eigenvalue weighted by molar-refractivity contribution is -0.115. The minimum Gasteiger partial charge on any atom is -0.444 e. The van der Waals surface area contributed by atoms with Gasteiger partial charge in [0.2, 0.25) is 11.8 Å². The maximum Gasteiger partial charge on any atom is 0.283 e. The second kappa shape index (κ2) is 8.73. The molecule has 9 heteroatoms. The van der Waals surface area contributed by atoms with Gasteiger partial charge in [-0.1, -0.05) is 18.2 Å². The number of likely N-dealkylation sites (tertiary alicyclic amines) is 1. The summed E-state index contributed by atoms with van der Waals surface area (Å²) < 4.78 is 34.4. The first-order valence-corrected chi connectivity index (χ1v) is 11.3. The number of aromatic nitrogens is 1. The van der Waals surface area contributed by atoms with Gasteiger partial charge < -0.3 is 14.6 Å². The van der Waals surface area contributed by atoms with Gasteiger partial charge >= 0.3 is 0 Å². The third-order valence-electron chi connectivity index (χ3n) is 4.91. The highest BCUT2D eigenvalue weighted by Crippen LogP contribution is 2.20. The van der Waals surface area contributed by atoms with Gasteiger partial charge in [-0.15, -0.1) is 4.40 Å². The van der Waals surface area contributed by atoms with E-state index in [1.165, 1.54) is 18.4 Å². The summed E-state index contributed by atoms with van der Waals surface area (Å²) in [5, 5.41) is 2.74. The van der Waals surface area contributed by atoms with Crippen LogP contribution in [0.15, 0.2) is 74.6 Å². The Balaban J connectivity index is 1.39. The van der Waals surface area contributed by atoms with Gasteiger partial charge in [-0.05, 0) is 42.8 Å². The molecule has 2 aromatic carbocycles. The van der Waals surface area contributed by atoms with Gasteiger partial charge in [0.05, 0.1) is 17.0 Å². The van der Waals surface area contributed by atoms with Gasteiger partial charge in [0.25, 0.3) is 10.0 Å². The molecule has 2 heterocycles. The summed E-state index contributed by atoms with van der Waals surface area (Å²) in [6.45, 7) is 0.803. The van der Waals surface area contributed by atoms with Crippen molar-refractivity contribution in [2.75, 3.05) is 18.9 Å². The molecule has 4 rings (SSSR count). The number of sulfonamides is 1. The summed E-state index contributed by atoms with van der Waals surface area (Å²) in [6, 6.07) is 15.4. The largest absolute Gasteiger partial charge is 0.444 e. The maximum absolute atomic E-state index is 12.5. The van der Waals surface area contributed by atoms with E-state index >= 15 is 0 Å². The number of nitrogens with zero attached hydrogens (tertiary/aromatic N) is 3. The Hall–Kier alpha value is -3.46. The average molecular weight is 439 g/mol. The summed E-state index contributed by atoms with van der Waals surface area (Å²) in [6.07, 6.45) is 3.04. The van der Waals surface area contributed by atoms with Crippen molar-refractivity contribution in [3.05, 3.63) is 66.6 Å². The van der Waals surface area contributed by atoms with Crippen LogP contribution >= 0.6 is 0 Å². The van der Waals surface area contributed by atoms with E-state index in [0.717, 1.165) is 18.5 Å². The van der Waals surface area contributed by atoms with Crippen molar-refractivity contribution < 1.29 is 17.6 Å². The van der Waals surface area contributed by atoms with Gasteiger partial charge in [0.15, 0.2) is 0 Å². The predicted octanol–water partition coefficient (Wildman–Crippen LogP) is 3.34. The van der Waals surface area contributed by atoms with E-state index in [4.69, 9.17) is 4.42 Å². The smallest absolute Gasteiger partial charge is 0.283 e. The summed E-state index contributed by atoms with van der Waals surface area (Å²) in [5.41, 5.74) is 1.83. The Morgan fingerprint density at radius 3 is 2.58 bits per heavy atom. The van der Waals surface area contributed by atoms with Crippen LogP contribution in [0.25, 0.3) is 11.5 Å². The first-order valence-electron chi connectivity index (χ1n) is 9.85. The van der Waals surface area contributed by atoms with Gasteiger partial charge in [0, 0.05) is 31.3 Å². The molecule has 1 aromatic heterocycles. The lowest BCUT2D eigenvalue weighted by Gasteiger charge is -2.11. The fourth-order valence-corrected chi connectivity index (χ4v) is 4.38. The Labute approximate surface area is 180 Å². The van der Waals surface area contributed by atoms with Crippen LogP contribution in [-0.4, -0.2) is 43.6 Å². The molecule has 0 saturated carbocycles. The monoisotopic (exact) mass is 438 g/mol. The lowest BCUT2D eigenvalue weighted by atomic mass is 10.2. The molecule has 0 bridgehead atoms. The molecule has 1 fully saturated rings. The number of carbonyl (C=O) groups is 1. The zero-order chi connectivity index (χ0) is 21.8. The van der Waals surface area contributed by atoms with Crippen molar-refractivity contribution in [2.24, 2.45) is 4.40 Å². The van der Waals surface area contributed by atoms with E-state index in [2.05, 4.69) is 14.7 Å². The molecule has 1 amide bonds. The highest BCUT2D eigenvalue weighted by atomic mass is 32.2. The zero-order valence-corrected chi connectivity index (χ0v) is 17.8. The summed E-state index contributed by atoms with van der Waals surface area (Å²) >= 11 is 0. The number of carbonyl (C=O) groups excluding carboxylic acids is 1. The molecular weight excluding hydrogens is 416 g/mol. The van der Waals surface area contributed by atoms with E-state index in [1.54, 1.807) is 12.1 Å². The molecule has 1 aliphatic heterocycles. The third kappa shape index (κ3) is 5.00. The molecule has 3 aromatic rings. The van der Waals surface area contributed by atoms with Crippen LogP contribution in [0.2, 0.25) is 0 Å². The molecule has 160 valence electrons. The zero-order valence-electron chi connectivity index (χ0n) is 17.0. The topological polar surface area (TPSA) is 105 Å². The number of oxazole rings is 1. The van der Waals surface area contributed by atoms with Gasteiger partial charge in [-0.25, -0.2) is 4.98 Å². The van der Waals surface area contributed by atoms with Crippen molar-refractivity contribution in [2.45, 2.75) is 24.2 Å². The molecule has 0 spiro atoms. The highest BCUT2D eigenvalue weighted by molar-refractivity contribution is 7.90. The first-order chi connectivity index (χ1) is 14.9. The number of nitrogens with one attached hydrogen (secondary N) is 1. The normalized spacial score (nSPS) is 15.4. The van der Waals surface area contributed by atoms with Crippen molar-refractivity contribution in [3.8, 4) is 11.5 Å². The Morgan fingerprint density at radius 2 is 1.90 bits per heavy atom. The highest BCUT2D eigenvalue weighted by Gasteiger charge is 2.20. The fourth-order valence-electron chi connectivity index (χ4n) is 3.28. The minimum atomic E-state index is -3.78. The summed E-state index contributed by atoms with van der Waals surface area (Å²) in [4.78, 5) is 18.6. The Bertz CT molecular complexity index is 1200. The van der Waals surface area contributed by atoms with Crippen LogP contribution in [0.1, 0.15) is 18.5 Å². The van der Waals surface area contributed by atoms with E-state index < -0.39 is 10.0 Å². The molecule has 8 nitrogen and oxygen atoms in total. The average Bonchev–Trinajstić information content (AvgIpc) is 3.38. The van der Waals surface area contributed by atoms with E-state index in [-0.39, 0.29) is 17.2 Å². The van der Waals surface area contributed by atoms with Crippen LogP contribution in [0, 0.1) is 0 Å². The van der Waals surface area contributed by atoms with Crippen LogP contribution in [0.5, 0.6) is 0 Å². The number of amides is 1. The van der Waals surface area contributed by atoms with Crippen LogP contribution in [-0.2, 0) is 21.2 Å². The van der Waals surface area contributed by atoms with Crippen molar-refractivity contribution in [1.29, 1.82) is 0 Å². The predicted molar refractivity (Wildman–Crippen MR) is 117 cm³/mol.